The number of benzene rings is 1. The molecule has 2 aromatic rings. The second-order valence-corrected chi connectivity index (χ2v) is 12.2. The summed E-state index contributed by atoms with van der Waals surface area (Å²) in [5.74, 6) is 3.94. The predicted octanol–water partition coefficient (Wildman–Crippen LogP) is 3.97. The zero-order chi connectivity index (χ0) is 29.5. The number of carbonyl (C=O) groups is 2. The van der Waals surface area contributed by atoms with Crippen LogP contribution in [0.2, 0.25) is 0 Å². The molecule has 2 amide bonds. The van der Waals surface area contributed by atoms with Gasteiger partial charge in [-0.1, -0.05) is 6.07 Å². The molecule has 2 aromatic carbocycles. The second kappa shape index (κ2) is 14.2. The molecule has 222 valence electrons. The average Bonchev–Trinajstić information content (AvgIpc) is 3.22. The van der Waals surface area contributed by atoms with Crippen molar-refractivity contribution < 1.29 is 23.8 Å². The number of methoxy groups -OCH3 is 3. The highest BCUT2D eigenvalue weighted by Gasteiger charge is 2.30. The number of nitrogens with zero attached hydrogens (tertiary/aromatic N) is 1. The number of nitrogens with one attached hydrogen (secondary N) is 2. The first-order valence-electron chi connectivity index (χ1n) is 13.7. The van der Waals surface area contributed by atoms with E-state index in [-0.39, 0.29) is 17.2 Å². The molecule has 2 atom stereocenters. The number of thioether (sulfide) groups is 2. The molecule has 1 aliphatic carbocycles. The van der Waals surface area contributed by atoms with Gasteiger partial charge in [0.1, 0.15) is 6.04 Å². The number of hydrogen-bond acceptors (Lipinski definition) is 9. The van der Waals surface area contributed by atoms with Crippen molar-refractivity contribution in [3.05, 3.63) is 45.6 Å². The van der Waals surface area contributed by atoms with Crippen LogP contribution in [0.15, 0.2) is 29.1 Å². The second-order valence-electron chi connectivity index (χ2n) is 10.0. The van der Waals surface area contributed by atoms with Crippen LogP contribution >= 0.6 is 23.5 Å². The number of ether oxygens (including phenoxy) is 3. The number of amides is 2. The summed E-state index contributed by atoms with van der Waals surface area (Å²) in [5, 5.41) is 6.33. The molecule has 9 nitrogen and oxygen atoms in total. The van der Waals surface area contributed by atoms with Crippen molar-refractivity contribution in [2.24, 2.45) is 0 Å². The van der Waals surface area contributed by atoms with Crippen LogP contribution in [0.5, 0.6) is 17.2 Å². The van der Waals surface area contributed by atoms with Gasteiger partial charge >= 0.3 is 0 Å². The van der Waals surface area contributed by atoms with Gasteiger partial charge in [0.05, 0.1) is 33.1 Å². The Bertz CT molecular complexity index is 1330. The Morgan fingerprint density at radius 2 is 1.83 bits per heavy atom. The Morgan fingerprint density at radius 3 is 2.46 bits per heavy atom. The molecule has 1 fully saturated rings. The Labute approximate surface area is 250 Å². The number of carbonyl (C=O) groups excluding carboxylic acids is 2. The molecular weight excluding hydrogens is 562 g/mol. The van der Waals surface area contributed by atoms with E-state index in [0.29, 0.717) is 60.9 Å². The minimum absolute atomic E-state index is 0.0202. The van der Waals surface area contributed by atoms with Gasteiger partial charge in [-0.05, 0) is 66.2 Å². The van der Waals surface area contributed by atoms with Crippen molar-refractivity contribution in [2.45, 2.75) is 38.3 Å². The SMILES string of the molecule is COc1cc2c(c(OC)c1OC)-c1ccc(NC(CCSC)C(=O)N3CCSCC3)c(=O)cc1C(NC(C)=O)CC2. The lowest BCUT2D eigenvalue weighted by atomic mass is 9.95. The molecule has 0 bridgehead atoms. The molecule has 1 saturated heterocycles. The van der Waals surface area contributed by atoms with Crippen molar-refractivity contribution >= 4 is 41.0 Å². The van der Waals surface area contributed by atoms with E-state index in [9.17, 15) is 14.4 Å². The maximum absolute atomic E-state index is 13.7. The minimum atomic E-state index is -0.516. The quantitative estimate of drug-likeness (QED) is 0.419. The molecule has 0 aromatic heterocycles. The van der Waals surface area contributed by atoms with Crippen LogP contribution in [0.1, 0.15) is 36.9 Å². The summed E-state index contributed by atoms with van der Waals surface area (Å²) < 4.78 is 17.1. The normalized spacial score (nSPS) is 16.9. The molecule has 1 heterocycles. The number of aryl methyl sites for hydroxylation is 1. The lowest BCUT2D eigenvalue weighted by Crippen LogP contribution is -2.47. The molecular formula is C30H39N3O6S2. The van der Waals surface area contributed by atoms with Crippen molar-refractivity contribution in [2.75, 3.05) is 63.3 Å². The molecule has 0 radical (unpaired) electrons. The lowest BCUT2D eigenvalue weighted by Gasteiger charge is -2.30. The minimum Gasteiger partial charge on any atom is -0.493 e. The molecule has 2 N–H and O–H groups in total. The molecule has 2 aliphatic rings. The van der Waals surface area contributed by atoms with Gasteiger partial charge in [0.15, 0.2) is 11.5 Å². The summed E-state index contributed by atoms with van der Waals surface area (Å²) in [7, 11) is 4.71. The topological polar surface area (TPSA) is 106 Å². The zero-order valence-electron chi connectivity index (χ0n) is 24.3. The van der Waals surface area contributed by atoms with Gasteiger partial charge in [0.2, 0.25) is 23.0 Å². The van der Waals surface area contributed by atoms with Crippen LogP contribution in [0, 0.1) is 0 Å². The summed E-state index contributed by atoms with van der Waals surface area (Å²) in [5.41, 5.74) is 3.27. The summed E-state index contributed by atoms with van der Waals surface area (Å²) in [6, 6.07) is 6.21. The zero-order valence-corrected chi connectivity index (χ0v) is 26.0. The first kappa shape index (κ1) is 30.9. The summed E-state index contributed by atoms with van der Waals surface area (Å²) in [6.45, 7) is 2.89. The molecule has 11 heteroatoms. The van der Waals surface area contributed by atoms with Crippen LogP contribution in [0.4, 0.5) is 5.69 Å². The van der Waals surface area contributed by atoms with Gasteiger partial charge in [0, 0.05) is 37.1 Å². The molecule has 2 unspecified atom stereocenters. The van der Waals surface area contributed by atoms with Crippen molar-refractivity contribution in [3.63, 3.8) is 0 Å². The fraction of sp³-hybridized carbons (Fsp3) is 0.500. The third-order valence-electron chi connectivity index (χ3n) is 7.48. The van der Waals surface area contributed by atoms with E-state index >= 15 is 0 Å². The van der Waals surface area contributed by atoms with Crippen LogP contribution in [0.3, 0.4) is 0 Å². The van der Waals surface area contributed by atoms with E-state index in [1.54, 1.807) is 45.2 Å². The number of rotatable bonds is 10. The van der Waals surface area contributed by atoms with Crippen molar-refractivity contribution in [3.8, 4) is 28.4 Å². The number of anilines is 1. The maximum Gasteiger partial charge on any atom is 0.245 e. The lowest BCUT2D eigenvalue weighted by molar-refractivity contribution is -0.131. The fourth-order valence-electron chi connectivity index (χ4n) is 5.51. The van der Waals surface area contributed by atoms with E-state index < -0.39 is 12.1 Å². The number of fused-ring (bicyclic) bond motifs is 3. The highest BCUT2D eigenvalue weighted by molar-refractivity contribution is 7.99. The Balaban J connectivity index is 1.86. The number of hydrogen-bond donors (Lipinski definition) is 2. The van der Waals surface area contributed by atoms with E-state index in [1.807, 2.05) is 35.1 Å². The molecule has 1 aliphatic heterocycles. The Hall–Kier alpha value is -3.05. The van der Waals surface area contributed by atoms with Crippen LogP contribution in [0.25, 0.3) is 11.1 Å². The monoisotopic (exact) mass is 601 g/mol. The Morgan fingerprint density at radius 1 is 1.10 bits per heavy atom. The van der Waals surface area contributed by atoms with Gasteiger partial charge in [-0.25, -0.2) is 0 Å². The third kappa shape index (κ3) is 6.89. The van der Waals surface area contributed by atoms with Crippen LogP contribution in [-0.2, 0) is 16.0 Å². The average molecular weight is 602 g/mol. The first-order chi connectivity index (χ1) is 19.8. The van der Waals surface area contributed by atoms with Gasteiger partial charge in [-0.3, -0.25) is 14.4 Å². The van der Waals surface area contributed by atoms with Gasteiger partial charge in [-0.2, -0.15) is 23.5 Å². The van der Waals surface area contributed by atoms with E-state index in [2.05, 4.69) is 10.6 Å². The molecule has 0 saturated carbocycles. The highest BCUT2D eigenvalue weighted by Crippen LogP contribution is 2.50. The summed E-state index contributed by atoms with van der Waals surface area (Å²) in [4.78, 5) is 41.4. The summed E-state index contributed by atoms with van der Waals surface area (Å²) >= 11 is 3.52. The highest BCUT2D eigenvalue weighted by atomic mass is 32.2. The Kier molecular flexibility index (Phi) is 10.7. The third-order valence-corrected chi connectivity index (χ3v) is 9.06. The van der Waals surface area contributed by atoms with E-state index in [1.165, 1.54) is 6.92 Å². The molecule has 41 heavy (non-hydrogen) atoms. The van der Waals surface area contributed by atoms with Gasteiger partial charge in [0.25, 0.3) is 0 Å². The van der Waals surface area contributed by atoms with Gasteiger partial charge in [-0.15, -0.1) is 0 Å². The van der Waals surface area contributed by atoms with E-state index in [4.69, 9.17) is 14.2 Å². The molecule has 4 rings (SSSR count). The smallest absolute Gasteiger partial charge is 0.245 e. The first-order valence-corrected chi connectivity index (χ1v) is 16.3. The predicted molar refractivity (Wildman–Crippen MR) is 167 cm³/mol. The largest absolute Gasteiger partial charge is 0.493 e. The van der Waals surface area contributed by atoms with Crippen molar-refractivity contribution in [1.29, 1.82) is 0 Å². The fourth-order valence-corrected chi connectivity index (χ4v) is 6.89. The summed E-state index contributed by atoms with van der Waals surface area (Å²) in [6.07, 6.45) is 3.80. The van der Waals surface area contributed by atoms with Crippen molar-refractivity contribution in [1.82, 2.24) is 10.2 Å². The van der Waals surface area contributed by atoms with Crippen LogP contribution < -0.4 is 30.3 Å². The maximum atomic E-state index is 13.7. The standard InChI is InChI=1S/C30H39N3O6S2/c1-18(34)31-22-8-6-19-16-26(37-2)28(38-3)29(39-4)27(19)20-7-9-23(25(35)17-21(20)22)32-24(10-13-40-5)30(36)33-11-14-41-15-12-33/h7,9,16-17,22,24H,6,8,10-15H2,1-5H3,(H,31,34)(H,32,35). The van der Waals surface area contributed by atoms with Crippen LogP contribution in [-0.4, -0.2) is 80.7 Å². The van der Waals surface area contributed by atoms with Gasteiger partial charge < -0.3 is 29.7 Å². The van der Waals surface area contributed by atoms with E-state index in [0.717, 1.165) is 33.9 Å². The molecule has 0 spiro atoms.